The lowest BCUT2D eigenvalue weighted by Crippen LogP contribution is -2.38. The highest BCUT2D eigenvalue weighted by molar-refractivity contribution is 5.79. The molecule has 1 saturated heterocycles. The Morgan fingerprint density at radius 3 is 3.00 bits per heavy atom. The number of carbonyl (C=O) groups excluding carboxylic acids is 1. The largest absolute Gasteiger partial charge is 0.467 e. The molecular formula is C14H19NO3. The Bertz CT molecular complexity index is 413. The normalized spacial score (nSPS) is 20.4. The average molecular weight is 249 g/mol. The third-order valence-electron chi connectivity index (χ3n) is 3.23. The monoisotopic (exact) mass is 249 g/mol. The molecule has 1 aromatic carbocycles. The second-order valence-electron chi connectivity index (χ2n) is 4.64. The average Bonchev–Trinajstić information content (AvgIpc) is 2.89. The maximum absolute atomic E-state index is 11.8. The lowest BCUT2D eigenvalue weighted by atomic mass is 9.98. The second-order valence-corrected chi connectivity index (χ2v) is 4.64. The van der Waals surface area contributed by atoms with Crippen LogP contribution in [0.5, 0.6) is 0 Å². The van der Waals surface area contributed by atoms with E-state index in [1.807, 2.05) is 31.2 Å². The van der Waals surface area contributed by atoms with Gasteiger partial charge in [-0.3, -0.25) is 0 Å². The number of methoxy groups -OCH3 is 1. The molecule has 2 atom stereocenters. The Hall–Kier alpha value is -1.55. The van der Waals surface area contributed by atoms with Crippen molar-refractivity contribution in [3.05, 3.63) is 29.8 Å². The van der Waals surface area contributed by atoms with E-state index in [1.165, 1.54) is 7.11 Å². The number of benzene rings is 1. The van der Waals surface area contributed by atoms with Gasteiger partial charge in [-0.25, -0.2) is 4.79 Å². The van der Waals surface area contributed by atoms with Crippen LogP contribution in [0.25, 0.3) is 0 Å². The summed E-state index contributed by atoms with van der Waals surface area (Å²) in [5.41, 5.74) is 2.10. The molecule has 4 heteroatoms. The fourth-order valence-corrected chi connectivity index (χ4v) is 2.23. The van der Waals surface area contributed by atoms with Crippen molar-refractivity contribution in [2.75, 3.05) is 25.6 Å². The van der Waals surface area contributed by atoms with Gasteiger partial charge in [-0.05, 0) is 31.0 Å². The maximum Gasteiger partial charge on any atom is 0.328 e. The molecule has 0 amide bonds. The first-order valence-electron chi connectivity index (χ1n) is 6.19. The first-order chi connectivity index (χ1) is 8.70. The zero-order valence-electron chi connectivity index (χ0n) is 10.8. The number of aryl methyl sites for hydroxylation is 1. The van der Waals surface area contributed by atoms with Crippen LogP contribution in [0.3, 0.4) is 0 Å². The van der Waals surface area contributed by atoms with Gasteiger partial charge in [-0.2, -0.15) is 0 Å². The number of rotatable bonds is 4. The minimum Gasteiger partial charge on any atom is -0.467 e. The van der Waals surface area contributed by atoms with Gasteiger partial charge < -0.3 is 14.8 Å². The van der Waals surface area contributed by atoms with Crippen molar-refractivity contribution in [2.24, 2.45) is 5.92 Å². The van der Waals surface area contributed by atoms with Crippen LogP contribution < -0.4 is 5.32 Å². The van der Waals surface area contributed by atoms with Crippen molar-refractivity contribution in [1.29, 1.82) is 0 Å². The molecule has 1 N–H and O–H groups in total. The van der Waals surface area contributed by atoms with E-state index in [-0.39, 0.29) is 17.9 Å². The summed E-state index contributed by atoms with van der Waals surface area (Å²) in [6.45, 7) is 3.35. The summed E-state index contributed by atoms with van der Waals surface area (Å²) in [6.07, 6.45) is 0.887. The molecule has 0 saturated carbocycles. The zero-order valence-corrected chi connectivity index (χ0v) is 10.8. The van der Waals surface area contributed by atoms with E-state index in [0.29, 0.717) is 13.2 Å². The highest BCUT2D eigenvalue weighted by Crippen LogP contribution is 2.22. The standard InChI is InChI=1S/C14H19NO3/c1-10-4-3-5-12(8-10)15-13(14(16)17-2)11-6-7-18-9-11/h3-5,8,11,13,15H,6-7,9H2,1-2H3. The number of nitrogens with one attached hydrogen (secondary N) is 1. The Balaban J connectivity index is 2.11. The minimum absolute atomic E-state index is 0.179. The van der Waals surface area contributed by atoms with Gasteiger partial charge in [0.2, 0.25) is 0 Å². The number of anilines is 1. The molecule has 0 spiro atoms. The molecule has 1 aliphatic rings. The molecule has 1 aliphatic heterocycles. The first kappa shape index (κ1) is 12.9. The van der Waals surface area contributed by atoms with Crippen molar-refractivity contribution in [1.82, 2.24) is 0 Å². The van der Waals surface area contributed by atoms with E-state index in [4.69, 9.17) is 9.47 Å². The number of hydrogen-bond donors (Lipinski definition) is 1. The fraction of sp³-hybridized carbons (Fsp3) is 0.500. The molecular weight excluding hydrogens is 230 g/mol. The van der Waals surface area contributed by atoms with E-state index in [0.717, 1.165) is 17.7 Å². The van der Waals surface area contributed by atoms with Crippen molar-refractivity contribution < 1.29 is 14.3 Å². The van der Waals surface area contributed by atoms with E-state index < -0.39 is 0 Å². The molecule has 0 aromatic heterocycles. The van der Waals surface area contributed by atoms with Crippen molar-refractivity contribution >= 4 is 11.7 Å². The highest BCUT2D eigenvalue weighted by Gasteiger charge is 2.32. The van der Waals surface area contributed by atoms with Gasteiger partial charge >= 0.3 is 5.97 Å². The van der Waals surface area contributed by atoms with Crippen LogP contribution in [-0.4, -0.2) is 32.3 Å². The third kappa shape index (κ3) is 3.01. The van der Waals surface area contributed by atoms with Gasteiger partial charge in [0.25, 0.3) is 0 Å². The molecule has 4 nitrogen and oxygen atoms in total. The first-order valence-corrected chi connectivity index (χ1v) is 6.19. The molecule has 0 aliphatic carbocycles. The van der Waals surface area contributed by atoms with E-state index in [9.17, 15) is 4.79 Å². The van der Waals surface area contributed by atoms with Gasteiger partial charge in [0.1, 0.15) is 6.04 Å². The molecule has 1 heterocycles. The van der Waals surface area contributed by atoms with Crippen LogP contribution in [0.15, 0.2) is 24.3 Å². The Kier molecular flexibility index (Phi) is 4.20. The van der Waals surface area contributed by atoms with Crippen LogP contribution in [0.2, 0.25) is 0 Å². The van der Waals surface area contributed by atoms with Crippen LogP contribution >= 0.6 is 0 Å². The van der Waals surface area contributed by atoms with Crippen molar-refractivity contribution in [3.63, 3.8) is 0 Å². The van der Waals surface area contributed by atoms with Gasteiger partial charge in [0.15, 0.2) is 0 Å². The Morgan fingerprint density at radius 2 is 2.39 bits per heavy atom. The number of hydrogen-bond acceptors (Lipinski definition) is 4. The predicted molar refractivity (Wildman–Crippen MR) is 69.5 cm³/mol. The Labute approximate surface area is 107 Å². The predicted octanol–water partition coefficient (Wildman–Crippen LogP) is 1.99. The maximum atomic E-state index is 11.8. The smallest absolute Gasteiger partial charge is 0.328 e. The molecule has 1 fully saturated rings. The minimum atomic E-state index is -0.334. The van der Waals surface area contributed by atoms with Crippen molar-refractivity contribution in [3.8, 4) is 0 Å². The lowest BCUT2D eigenvalue weighted by Gasteiger charge is -2.22. The van der Waals surface area contributed by atoms with Gasteiger partial charge in [-0.15, -0.1) is 0 Å². The molecule has 1 aromatic rings. The summed E-state index contributed by atoms with van der Waals surface area (Å²) in [4.78, 5) is 11.8. The van der Waals surface area contributed by atoms with Crippen LogP contribution in [0.4, 0.5) is 5.69 Å². The van der Waals surface area contributed by atoms with E-state index in [2.05, 4.69) is 5.32 Å². The molecule has 0 radical (unpaired) electrons. The summed E-state index contributed by atoms with van der Waals surface area (Å²) in [5.74, 6) is -0.0510. The van der Waals surface area contributed by atoms with Gasteiger partial charge in [0.05, 0.1) is 13.7 Å². The van der Waals surface area contributed by atoms with E-state index in [1.54, 1.807) is 0 Å². The third-order valence-corrected chi connectivity index (χ3v) is 3.23. The topological polar surface area (TPSA) is 47.6 Å². The number of ether oxygens (including phenoxy) is 2. The molecule has 0 bridgehead atoms. The summed E-state index contributed by atoms with van der Waals surface area (Å²) in [6, 6.07) is 7.64. The molecule has 2 unspecified atom stereocenters. The molecule has 2 rings (SSSR count). The lowest BCUT2D eigenvalue weighted by molar-refractivity contribution is -0.142. The second kappa shape index (κ2) is 5.87. The van der Waals surface area contributed by atoms with Crippen LogP contribution in [0.1, 0.15) is 12.0 Å². The van der Waals surface area contributed by atoms with Crippen molar-refractivity contribution in [2.45, 2.75) is 19.4 Å². The summed E-state index contributed by atoms with van der Waals surface area (Å²) < 4.78 is 10.2. The van der Waals surface area contributed by atoms with Gasteiger partial charge in [-0.1, -0.05) is 12.1 Å². The Morgan fingerprint density at radius 1 is 1.56 bits per heavy atom. The fourth-order valence-electron chi connectivity index (χ4n) is 2.23. The molecule has 98 valence electrons. The molecule has 18 heavy (non-hydrogen) atoms. The van der Waals surface area contributed by atoms with Gasteiger partial charge in [0, 0.05) is 18.2 Å². The number of carbonyl (C=O) groups is 1. The summed E-state index contributed by atoms with van der Waals surface area (Å²) in [7, 11) is 1.42. The summed E-state index contributed by atoms with van der Waals surface area (Å²) in [5, 5.41) is 3.26. The van der Waals surface area contributed by atoms with Crippen LogP contribution in [-0.2, 0) is 14.3 Å². The zero-order chi connectivity index (χ0) is 13.0. The highest BCUT2D eigenvalue weighted by atomic mass is 16.5. The van der Waals surface area contributed by atoms with Crippen LogP contribution in [0, 0.1) is 12.8 Å². The SMILES string of the molecule is COC(=O)C(Nc1cccc(C)c1)C1CCOC1. The summed E-state index contributed by atoms with van der Waals surface area (Å²) >= 11 is 0. The van der Waals surface area contributed by atoms with E-state index >= 15 is 0 Å². The quantitative estimate of drug-likeness (QED) is 0.829. The number of esters is 1.